The molecule has 1 saturated heterocycles. The maximum Gasteiger partial charge on any atom is 0.407 e. The van der Waals surface area contributed by atoms with E-state index < -0.39 is 6.09 Å². The Morgan fingerprint density at radius 1 is 1.29 bits per heavy atom. The first kappa shape index (κ1) is 14.3. The monoisotopic (exact) mass is 322 g/mol. The van der Waals surface area contributed by atoms with Gasteiger partial charge in [0.05, 0.1) is 23.5 Å². The zero-order valence-corrected chi connectivity index (χ0v) is 12.9. The number of carboxylic acid groups (broad SMARTS) is 1. The maximum atomic E-state index is 11.0. The number of rotatable bonds is 2. The predicted octanol–water partition coefficient (Wildman–Crippen LogP) is 1.68. The summed E-state index contributed by atoms with van der Waals surface area (Å²) in [6, 6.07) is 4.17. The average Bonchev–Trinajstić information content (AvgIpc) is 3.10. The lowest BCUT2D eigenvalue weighted by molar-refractivity contribution is 0.105. The molecular weight excluding hydrogens is 308 g/mol. The van der Waals surface area contributed by atoms with Gasteiger partial charge in [-0.3, -0.25) is 4.68 Å². The third-order valence-electron chi connectivity index (χ3n) is 4.39. The molecule has 0 aliphatic carbocycles. The van der Waals surface area contributed by atoms with Crippen molar-refractivity contribution < 1.29 is 9.90 Å². The fourth-order valence-corrected chi connectivity index (χ4v) is 3.11. The zero-order chi connectivity index (χ0) is 16.8. The number of amides is 1. The highest BCUT2D eigenvalue weighted by Gasteiger charge is 2.33. The van der Waals surface area contributed by atoms with E-state index in [1.807, 2.05) is 25.5 Å². The molecule has 3 aromatic rings. The first-order chi connectivity index (χ1) is 11.6. The van der Waals surface area contributed by atoms with Crippen LogP contribution in [0.4, 0.5) is 4.79 Å². The molecule has 0 radical (unpaired) electrons. The van der Waals surface area contributed by atoms with Crippen molar-refractivity contribution >= 4 is 11.6 Å². The van der Waals surface area contributed by atoms with Crippen LogP contribution in [-0.2, 0) is 7.05 Å². The molecule has 0 aromatic carbocycles. The minimum Gasteiger partial charge on any atom is -0.465 e. The van der Waals surface area contributed by atoms with Gasteiger partial charge >= 0.3 is 6.09 Å². The number of pyridine rings is 1. The fraction of sp³-hybridized carbons (Fsp3) is 0.250. The smallest absolute Gasteiger partial charge is 0.407 e. The molecule has 1 amide bonds. The molecule has 0 saturated carbocycles. The van der Waals surface area contributed by atoms with E-state index in [1.54, 1.807) is 21.6 Å². The van der Waals surface area contributed by atoms with E-state index in [1.165, 1.54) is 4.90 Å². The van der Waals surface area contributed by atoms with E-state index in [0.29, 0.717) is 18.7 Å². The van der Waals surface area contributed by atoms with Crippen molar-refractivity contribution in [2.75, 3.05) is 13.1 Å². The summed E-state index contributed by atoms with van der Waals surface area (Å²) in [6.45, 7) is 0.856. The molecule has 120 valence electrons. The third-order valence-corrected chi connectivity index (χ3v) is 4.39. The van der Waals surface area contributed by atoms with Crippen LogP contribution < -0.4 is 0 Å². The Hall–Kier alpha value is -3.34. The summed E-state index contributed by atoms with van der Waals surface area (Å²) < 4.78 is 3.41. The van der Waals surface area contributed by atoms with Gasteiger partial charge in [0.25, 0.3) is 0 Å². The maximum absolute atomic E-state index is 11.0. The van der Waals surface area contributed by atoms with Crippen molar-refractivity contribution in [2.24, 2.45) is 7.05 Å². The average molecular weight is 322 g/mol. The minimum absolute atomic E-state index is 0.0593. The van der Waals surface area contributed by atoms with Gasteiger partial charge in [-0.1, -0.05) is 0 Å². The molecule has 8 heteroatoms. The van der Waals surface area contributed by atoms with E-state index >= 15 is 0 Å². The predicted molar refractivity (Wildman–Crippen MR) is 84.4 cm³/mol. The van der Waals surface area contributed by atoms with Crippen LogP contribution in [0.5, 0.6) is 0 Å². The third kappa shape index (κ3) is 2.10. The lowest BCUT2D eigenvalue weighted by atomic mass is 9.89. The van der Waals surface area contributed by atoms with Gasteiger partial charge in [-0.2, -0.15) is 15.5 Å². The Labute approximate surface area is 137 Å². The van der Waals surface area contributed by atoms with E-state index in [0.717, 1.165) is 22.2 Å². The molecule has 0 unspecified atom stereocenters. The van der Waals surface area contributed by atoms with Crippen molar-refractivity contribution in [2.45, 2.75) is 5.92 Å². The SMILES string of the molecule is Cn1cc(-c2cc(C3CN(C(=O)O)C3)c3c(C#N)cnn3c2)cn1. The Balaban J connectivity index is 1.84. The lowest BCUT2D eigenvalue weighted by Crippen LogP contribution is -2.47. The Morgan fingerprint density at radius 2 is 2.08 bits per heavy atom. The van der Waals surface area contributed by atoms with Gasteiger partial charge in [-0.25, -0.2) is 9.31 Å². The van der Waals surface area contributed by atoms with Crippen LogP contribution in [0, 0.1) is 11.3 Å². The Bertz CT molecular complexity index is 990. The van der Waals surface area contributed by atoms with Crippen molar-refractivity contribution in [3.05, 3.63) is 42.0 Å². The summed E-state index contributed by atoms with van der Waals surface area (Å²) in [5, 5.41) is 26.8. The molecule has 8 nitrogen and oxygen atoms in total. The molecule has 0 spiro atoms. The van der Waals surface area contributed by atoms with Crippen LogP contribution in [0.3, 0.4) is 0 Å². The number of nitriles is 1. The zero-order valence-electron chi connectivity index (χ0n) is 12.9. The van der Waals surface area contributed by atoms with Crippen LogP contribution in [-0.4, -0.2) is 48.6 Å². The summed E-state index contributed by atoms with van der Waals surface area (Å²) in [5.74, 6) is 0.0593. The second-order valence-electron chi connectivity index (χ2n) is 5.93. The van der Waals surface area contributed by atoms with Gasteiger partial charge in [0.1, 0.15) is 6.07 Å². The summed E-state index contributed by atoms with van der Waals surface area (Å²) in [7, 11) is 1.85. The van der Waals surface area contributed by atoms with E-state index in [4.69, 9.17) is 5.11 Å². The van der Waals surface area contributed by atoms with Crippen LogP contribution in [0.15, 0.2) is 30.9 Å². The molecule has 24 heavy (non-hydrogen) atoms. The topological polar surface area (TPSA) is 99.4 Å². The van der Waals surface area contributed by atoms with Crippen LogP contribution >= 0.6 is 0 Å². The fourth-order valence-electron chi connectivity index (χ4n) is 3.11. The first-order valence-electron chi connectivity index (χ1n) is 7.45. The summed E-state index contributed by atoms with van der Waals surface area (Å²) in [6.07, 6.45) is 6.16. The van der Waals surface area contributed by atoms with Crippen molar-refractivity contribution in [3.8, 4) is 17.2 Å². The van der Waals surface area contributed by atoms with E-state index in [2.05, 4.69) is 16.3 Å². The minimum atomic E-state index is -0.917. The quantitative estimate of drug-likeness (QED) is 0.774. The van der Waals surface area contributed by atoms with Crippen LogP contribution in [0.1, 0.15) is 17.0 Å². The molecule has 1 aliphatic heterocycles. The number of hydrogen-bond acceptors (Lipinski definition) is 4. The Morgan fingerprint density at radius 3 is 2.71 bits per heavy atom. The second kappa shape index (κ2) is 5.09. The van der Waals surface area contributed by atoms with E-state index in [9.17, 15) is 10.1 Å². The number of fused-ring (bicyclic) bond motifs is 1. The molecule has 4 rings (SSSR count). The van der Waals surface area contributed by atoms with Gasteiger partial charge in [0, 0.05) is 49.6 Å². The molecule has 1 fully saturated rings. The summed E-state index contributed by atoms with van der Waals surface area (Å²) in [5.41, 5.74) is 4.08. The van der Waals surface area contributed by atoms with Crippen LogP contribution in [0.25, 0.3) is 16.6 Å². The molecule has 1 N–H and O–H groups in total. The molecule has 4 heterocycles. The number of carbonyl (C=O) groups is 1. The number of likely N-dealkylation sites (tertiary alicyclic amines) is 1. The molecule has 3 aromatic heterocycles. The molecule has 0 atom stereocenters. The van der Waals surface area contributed by atoms with Crippen molar-refractivity contribution in [1.82, 2.24) is 24.3 Å². The van der Waals surface area contributed by atoms with Crippen molar-refractivity contribution in [3.63, 3.8) is 0 Å². The van der Waals surface area contributed by atoms with Crippen molar-refractivity contribution in [1.29, 1.82) is 5.26 Å². The first-order valence-corrected chi connectivity index (χ1v) is 7.45. The number of aromatic nitrogens is 4. The van der Waals surface area contributed by atoms with Gasteiger partial charge in [-0.05, 0) is 11.6 Å². The standard InChI is InChI=1S/C16H14N6O2/c1-20-6-12(5-18-20)10-2-14(13-7-21(8-13)16(23)24)15-11(3-17)4-19-22(15)9-10/h2,4-6,9,13H,7-8H2,1H3,(H,23,24). The summed E-state index contributed by atoms with van der Waals surface area (Å²) in [4.78, 5) is 12.4. The highest BCUT2D eigenvalue weighted by molar-refractivity contribution is 5.74. The highest BCUT2D eigenvalue weighted by Crippen LogP contribution is 2.34. The van der Waals surface area contributed by atoms with Crippen LogP contribution in [0.2, 0.25) is 0 Å². The number of nitrogens with zero attached hydrogens (tertiary/aromatic N) is 6. The van der Waals surface area contributed by atoms with Gasteiger partial charge < -0.3 is 10.0 Å². The normalized spacial score (nSPS) is 14.6. The molecular formula is C16H14N6O2. The van der Waals surface area contributed by atoms with Gasteiger partial charge in [0.2, 0.25) is 0 Å². The highest BCUT2D eigenvalue weighted by atomic mass is 16.4. The molecule has 0 bridgehead atoms. The second-order valence-corrected chi connectivity index (χ2v) is 5.93. The lowest BCUT2D eigenvalue weighted by Gasteiger charge is -2.37. The summed E-state index contributed by atoms with van der Waals surface area (Å²) >= 11 is 0. The molecule has 1 aliphatic rings. The largest absolute Gasteiger partial charge is 0.465 e. The van der Waals surface area contributed by atoms with E-state index in [-0.39, 0.29) is 5.92 Å². The Kier molecular flexibility index (Phi) is 3.03. The van der Waals surface area contributed by atoms with Gasteiger partial charge in [0.15, 0.2) is 0 Å². The van der Waals surface area contributed by atoms with Gasteiger partial charge in [-0.15, -0.1) is 0 Å². The number of aryl methyl sites for hydroxylation is 1. The number of hydrogen-bond donors (Lipinski definition) is 1.